The van der Waals surface area contributed by atoms with Crippen molar-refractivity contribution in [3.05, 3.63) is 76.8 Å². The third kappa shape index (κ3) is 3.68. The molecule has 4 aromatic rings. The van der Waals surface area contributed by atoms with Gasteiger partial charge in [-0.3, -0.25) is 14.0 Å². The number of hydrogen-bond donors (Lipinski definition) is 0. The second-order valence-corrected chi connectivity index (χ2v) is 10.5. The van der Waals surface area contributed by atoms with Crippen molar-refractivity contribution in [1.29, 1.82) is 0 Å². The molecule has 9 nitrogen and oxygen atoms in total. The van der Waals surface area contributed by atoms with Crippen LogP contribution in [0.25, 0.3) is 16.7 Å². The number of fused-ring (bicyclic) bond motifs is 2. The Hall–Kier alpha value is -3.50. The first-order chi connectivity index (χ1) is 16.4. The van der Waals surface area contributed by atoms with Crippen LogP contribution < -0.4 is 5.56 Å². The van der Waals surface area contributed by atoms with Crippen LogP contribution in [-0.4, -0.2) is 65.2 Å². The highest BCUT2D eigenvalue weighted by atomic mass is 32.2. The van der Waals surface area contributed by atoms with Crippen LogP contribution in [0.15, 0.2) is 70.5 Å². The predicted molar refractivity (Wildman–Crippen MR) is 127 cm³/mol. The molecule has 10 heteroatoms. The van der Waals surface area contributed by atoms with Gasteiger partial charge in [-0.2, -0.15) is 0 Å². The molecule has 176 valence electrons. The van der Waals surface area contributed by atoms with E-state index in [9.17, 15) is 18.0 Å². The number of ether oxygens (including phenoxy) is 1. The molecule has 4 heterocycles. The highest BCUT2D eigenvalue weighted by molar-refractivity contribution is 7.92. The lowest BCUT2D eigenvalue weighted by atomic mass is 10.3. The van der Waals surface area contributed by atoms with Crippen molar-refractivity contribution in [1.82, 2.24) is 18.9 Å². The summed E-state index contributed by atoms with van der Waals surface area (Å²) in [7, 11) is -2.00. The lowest BCUT2D eigenvalue weighted by Gasteiger charge is -2.18. The second-order valence-electron chi connectivity index (χ2n) is 8.28. The minimum Gasteiger partial charge on any atom is -0.383 e. The number of aromatic nitrogens is 3. The van der Waals surface area contributed by atoms with Crippen LogP contribution in [0.5, 0.6) is 0 Å². The van der Waals surface area contributed by atoms with Crippen molar-refractivity contribution in [3.63, 3.8) is 0 Å². The summed E-state index contributed by atoms with van der Waals surface area (Å²) in [5, 5.41) is -0.349. The fourth-order valence-electron chi connectivity index (χ4n) is 4.47. The number of methoxy groups -OCH3 is 1. The quantitative estimate of drug-likeness (QED) is 0.418. The van der Waals surface area contributed by atoms with E-state index < -0.39 is 15.1 Å². The number of nitrogens with zero attached hydrogens (tertiary/aromatic N) is 4. The number of carbonyl (C=O) groups excluding carboxylic acids is 1. The largest absolute Gasteiger partial charge is 0.383 e. The van der Waals surface area contributed by atoms with E-state index in [4.69, 9.17) is 4.74 Å². The molecule has 1 aliphatic rings. The van der Waals surface area contributed by atoms with E-state index in [1.165, 1.54) is 4.40 Å². The first-order valence-electron chi connectivity index (χ1n) is 11.0. The van der Waals surface area contributed by atoms with Gasteiger partial charge in [0.25, 0.3) is 11.5 Å². The molecule has 1 unspecified atom stereocenters. The van der Waals surface area contributed by atoms with Gasteiger partial charge in [0.05, 0.1) is 22.1 Å². The van der Waals surface area contributed by atoms with Gasteiger partial charge in [0.15, 0.2) is 9.84 Å². The van der Waals surface area contributed by atoms with Crippen molar-refractivity contribution in [2.45, 2.75) is 23.1 Å². The van der Waals surface area contributed by atoms with Gasteiger partial charge >= 0.3 is 0 Å². The molecule has 1 saturated heterocycles. The van der Waals surface area contributed by atoms with Gasteiger partial charge in [-0.05, 0) is 36.8 Å². The molecule has 0 radical (unpaired) electrons. The Kier molecular flexibility index (Phi) is 5.70. The monoisotopic (exact) mass is 480 g/mol. The maximum Gasteiger partial charge on any atom is 0.270 e. The van der Waals surface area contributed by atoms with Gasteiger partial charge < -0.3 is 14.2 Å². The van der Waals surface area contributed by atoms with Gasteiger partial charge in [0.2, 0.25) is 0 Å². The summed E-state index contributed by atoms with van der Waals surface area (Å²) in [6.45, 7) is 1.06. The van der Waals surface area contributed by atoms with E-state index >= 15 is 0 Å². The molecule has 0 aliphatic carbocycles. The van der Waals surface area contributed by atoms with Crippen LogP contribution in [0.2, 0.25) is 0 Å². The highest BCUT2D eigenvalue weighted by Crippen LogP contribution is 2.26. The predicted octanol–water partition coefficient (Wildman–Crippen LogP) is 1.98. The molecule has 3 aromatic heterocycles. The van der Waals surface area contributed by atoms with Crippen LogP contribution in [0, 0.1) is 0 Å². The molecule has 1 fully saturated rings. The standard InChI is InChI=1S/C24H24N4O5S/c1-33-14-13-27-20(15-19-22(27)25-21-9-5-6-11-28(21)23(19)29)24(30)26-12-10-18(16-26)34(31,32)17-7-3-2-4-8-17/h2-9,11,15,18H,10,12-14,16H2,1H3. The van der Waals surface area contributed by atoms with Gasteiger partial charge in [0.1, 0.15) is 17.0 Å². The first kappa shape index (κ1) is 22.3. The molecule has 0 spiro atoms. The number of sulfone groups is 1. The number of benzene rings is 1. The minimum atomic E-state index is -3.56. The first-order valence-corrected chi connectivity index (χ1v) is 12.5. The fraction of sp³-hybridized carbons (Fsp3) is 0.292. The van der Waals surface area contributed by atoms with Crippen LogP contribution in [0.1, 0.15) is 16.9 Å². The lowest BCUT2D eigenvalue weighted by molar-refractivity contribution is 0.0780. The smallest absolute Gasteiger partial charge is 0.270 e. The molecule has 1 atom stereocenters. The average Bonchev–Trinajstić information content (AvgIpc) is 3.49. The van der Waals surface area contributed by atoms with Crippen molar-refractivity contribution in [2.75, 3.05) is 26.8 Å². The Morgan fingerprint density at radius 3 is 2.68 bits per heavy atom. The van der Waals surface area contributed by atoms with Crippen molar-refractivity contribution < 1.29 is 17.9 Å². The van der Waals surface area contributed by atoms with Crippen LogP contribution in [0.3, 0.4) is 0 Å². The molecule has 0 saturated carbocycles. The molecule has 0 N–H and O–H groups in total. The minimum absolute atomic E-state index is 0.0935. The average molecular weight is 481 g/mol. The third-order valence-electron chi connectivity index (χ3n) is 6.26. The van der Waals surface area contributed by atoms with E-state index in [0.29, 0.717) is 48.5 Å². The Balaban J connectivity index is 1.52. The Bertz CT molecular complexity index is 1540. The number of hydrogen-bond acceptors (Lipinski definition) is 6. The number of amides is 1. The fourth-order valence-corrected chi connectivity index (χ4v) is 6.18. The maximum atomic E-state index is 13.5. The molecular weight excluding hydrogens is 456 g/mol. The molecule has 1 aliphatic heterocycles. The van der Waals surface area contributed by atoms with Gasteiger partial charge in [0, 0.05) is 32.9 Å². The normalized spacial score (nSPS) is 16.5. The van der Waals surface area contributed by atoms with Crippen LogP contribution >= 0.6 is 0 Å². The van der Waals surface area contributed by atoms with E-state index in [1.54, 1.807) is 77.4 Å². The zero-order chi connectivity index (χ0) is 23.9. The maximum absolute atomic E-state index is 13.5. The molecule has 1 amide bonds. The Labute approximate surface area is 196 Å². The topological polar surface area (TPSA) is 103 Å². The van der Waals surface area contributed by atoms with Crippen molar-refractivity contribution in [2.24, 2.45) is 0 Å². The highest BCUT2D eigenvalue weighted by Gasteiger charge is 2.37. The number of pyridine rings is 1. The molecular formula is C24H24N4O5S. The Morgan fingerprint density at radius 1 is 1.15 bits per heavy atom. The number of carbonyl (C=O) groups is 1. The Morgan fingerprint density at radius 2 is 1.91 bits per heavy atom. The van der Waals surface area contributed by atoms with Crippen molar-refractivity contribution >= 4 is 32.4 Å². The summed E-state index contributed by atoms with van der Waals surface area (Å²) in [5.41, 5.74) is 0.914. The number of rotatable bonds is 6. The van der Waals surface area contributed by atoms with E-state index in [-0.39, 0.29) is 22.9 Å². The van der Waals surface area contributed by atoms with E-state index in [0.717, 1.165) is 0 Å². The SMILES string of the molecule is COCCn1c(C(=O)N2CCC(S(=O)(=O)c3ccccc3)C2)cc2c(=O)n3ccccc3nc21. The van der Waals surface area contributed by atoms with Crippen molar-refractivity contribution in [3.8, 4) is 0 Å². The third-order valence-corrected chi connectivity index (χ3v) is 8.45. The van der Waals surface area contributed by atoms with Gasteiger partial charge in [-0.1, -0.05) is 24.3 Å². The summed E-state index contributed by atoms with van der Waals surface area (Å²) < 4.78 is 34.5. The van der Waals surface area contributed by atoms with Gasteiger partial charge in [-0.25, -0.2) is 13.4 Å². The van der Waals surface area contributed by atoms with Crippen LogP contribution in [0.4, 0.5) is 0 Å². The van der Waals surface area contributed by atoms with E-state index in [1.807, 2.05) is 0 Å². The number of likely N-dealkylation sites (tertiary alicyclic amines) is 1. The van der Waals surface area contributed by atoms with Crippen LogP contribution in [-0.2, 0) is 21.1 Å². The summed E-state index contributed by atoms with van der Waals surface area (Å²) in [5.74, 6) is -0.326. The zero-order valence-corrected chi connectivity index (χ0v) is 19.4. The molecule has 1 aromatic carbocycles. The molecule has 5 rings (SSSR count). The molecule has 34 heavy (non-hydrogen) atoms. The van der Waals surface area contributed by atoms with E-state index in [2.05, 4.69) is 4.98 Å². The second kappa shape index (κ2) is 8.69. The van der Waals surface area contributed by atoms with Gasteiger partial charge in [-0.15, -0.1) is 0 Å². The summed E-state index contributed by atoms with van der Waals surface area (Å²) in [6.07, 6.45) is 1.99. The zero-order valence-electron chi connectivity index (χ0n) is 18.6. The summed E-state index contributed by atoms with van der Waals surface area (Å²) in [6, 6.07) is 15.1. The summed E-state index contributed by atoms with van der Waals surface area (Å²) in [4.78, 5) is 33.1. The summed E-state index contributed by atoms with van der Waals surface area (Å²) >= 11 is 0. The molecule has 0 bridgehead atoms. The lowest BCUT2D eigenvalue weighted by Crippen LogP contribution is -2.33.